The van der Waals surface area contributed by atoms with Crippen LogP contribution in [0.5, 0.6) is 0 Å². The summed E-state index contributed by atoms with van der Waals surface area (Å²) in [5, 5.41) is 0. The van der Waals surface area contributed by atoms with Crippen LogP contribution in [0.2, 0.25) is 0 Å². The van der Waals surface area contributed by atoms with E-state index in [1.54, 1.807) is 0 Å². The Hall–Kier alpha value is -1.09. The molecule has 21 heavy (non-hydrogen) atoms. The maximum Gasteiger partial charge on any atom is 0.243 e. The lowest BCUT2D eigenvalue weighted by molar-refractivity contribution is 0.149. The average Bonchev–Trinajstić information content (AvgIpc) is 2.49. The highest BCUT2D eigenvalue weighted by atomic mass is 32.2. The monoisotopic (exact) mass is 319 g/mol. The molecule has 2 N–H and O–H groups in total. The molecule has 1 heterocycles. The molecule has 0 radical (unpaired) electrons. The van der Waals surface area contributed by atoms with E-state index in [0.29, 0.717) is 32.7 Å². The van der Waals surface area contributed by atoms with Gasteiger partial charge >= 0.3 is 0 Å². The highest BCUT2D eigenvalue weighted by Crippen LogP contribution is 2.20. The number of nitrogens with zero attached hydrogens (tertiary/aromatic N) is 2. The zero-order valence-electron chi connectivity index (χ0n) is 11.8. The van der Waals surface area contributed by atoms with Crippen molar-refractivity contribution in [2.45, 2.75) is 17.9 Å². The molecule has 0 aliphatic carbocycles. The number of piperazine rings is 1. The third-order valence-electron chi connectivity index (χ3n) is 3.77. The van der Waals surface area contributed by atoms with Crippen LogP contribution in [-0.2, 0) is 10.0 Å². The minimum atomic E-state index is -3.79. The molecule has 1 aromatic carbocycles. The molecule has 0 saturated carbocycles. The predicted molar refractivity (Wildman–Crippen MR) is 75.2 cm³/mol. The van der Waals surface area contributed by atoms with Gasteiger partial charge in [-0.1, -0.05) is 0 Å². The van der Waals surface area contributed by atoms with Crippen molar-refractivity contribution in [1.29, 1.82) is 0 Å². The number of hydrogen-bond donors (Lipinski definition) is 1. The molecule has 1 atom stereocenters. The predicted octanol–water partition coefficient (Wildman–Crippen LogP) is 0.618. The fraction of sp³-hybridized carbons (Fsp3) is 0.538. The Kier molecular flexibility index (Phi) is 4.92. The lowest BCUT2D eigenvalue weighted by Crippen LogP contribution is -2.52. The van der Waals surface area contributed by atoms with Gasteiger partial charge in [0.05, 0.1) is 4.90 Å². The van der Waals surface area contributed by atoms with Crippen LogP contribution in [0.4, 0.5) is 8.78 Å². The Morgan fingerprint density at radius 1 is 1.19 bits per heavy atom. The van der Waals surface area contributed by atoms with Crippen molar-refractivity contribution in [3.05, 3.63) is 29.8 Å². The van der Waals surface area contributed by atoms with Gasteiger partial charge in [-0.25, -0.2) is 17.2 Å². The topological polar surface area (TPSA) is 66.6 Å². The molecule has 1 saturated heterocycles. The summed E-state index contributed by atoms with van der Waals surface area (Å²) in [6.45, 7) is 4.26. The summed E-state index contributed by atoms with van der Waals surface area (Å²) in [5.74, 6) is -2.22. The number of hydrogen-bond acceptors (Lipinski definition) is 4. The van der Waals surface area contributed by atoms with Crippen molar-refractivity contribution in [3.63, 3.8) is 0 Å². The lowest BCUT2D eigenvalue weighted by atomic mass is 10.2. The number of nitrogens with two attached hydrogens (primary N) is 1. The zero-order valence-corrected chi connectivity index (χ0v) is 12.6. The van der Waals surface area contributed by atoms with Crippen molar-refractivity contribution < 1.29 is 17.2 Å². The molecule has 0 bridgehead atoms. The van der Waals surface area contributed by atoms with Gasteiger partial charge in [-0.2, -0.15) is 4.31 Å². The normalized spacial score (nSPS) is 19.6. The molecule has 1 fully saturated rings. The van der Waals surface area contributed by atoms with E-state index >= 15 is 0 Å². The van der Waals surface area contributed by atoms with Gasteiger partial charge < -0.3 is 5.73 Å². The second kappa shape index (κ2) is 6.35. The van der Waals surface area contributed by atoms with E-state index in [1.165, 1.54) is 4.31 Å². The van der Waals surface area contributed by atoms with Crippen molar-refractivity contribution in [3.8, 4) is 0 Å². The Morgan fingerprint density at radius 2 is 1.81 bits per heavy atom. The van der Waals surface area contributed by atoms with E-state index in [0.717, 1.165) is 18.2 Å². The van der Waals surface area contributed by atoms with Gasteiger partial charge in [0.15, 0.2) is 11.6 Å². The summed E-state index contributed by atoms with van der Waals surface area (Å²) in [4.78, 5) is 1.89. The summed E-state index contributed by atoms with van der Waals surface area (Å²) in [6, 6.07) is 2.83. The molecule has 1 aliphatic heterocycles. The van der Waals surface area contributed by atoms with Crippen LogP contribution in [0.15, 0.2) is 23.1 Å². The zero-order chi connectivity index (χ0) is 15.6. The van der Waals surface area contributed by atoms with Gasteiger partial charge in [0, 0.05) is 38.8 Å². The summed E-state index contributed by atoms with van der Waals surface area (Å²) in [6.07, 6.45) is 0. The van der Waals surface area contributed by atoms with Crippen LogP contribution in [0.3, 0.4) is 0 Å². The molecule has 5 nitrogen and oxygen atoms in total. The average molecular weight is 319 g/mol. The van der Waals surface area contributed by atoms with Crippen molar-refractivity contribution in [2.24, 2.45) is 5.73 Å². The first-order chi connectivity index (χ1) is 9.86. The summed E-state index contributed by atoms with van der Waals surface area (Å²) >= 11 is 0. The van der Waals surface area contributed by atoms with Crippen LogP contribution < -0.4 is 5.73 Å². The van der Waals surface area contributed by atoms with E-state index in [2.05, 4.69) is 4.90 Å². The van der Waals surface area contributed by atoms with Crippen molar-refractivity contribution in [1.82, 2.24) is 9.21 Å². The Labute approximate surface area is 123 Å². The standard InChI is InChI=1S/C13H19F2N3O2S/c1-10(9-16)17-4-6-18(7-5-17)21(19,20)11-2-3-12(14)13(15)8-11/h2-3,8,10H,4-7,9,16H2,1H3. The maximum atomic E-state index is 13.2. The molecule has 0 amide bonds. The number of sulfonamides is 1. The molecule has 2 rings (SSSR count). The molecular weight excluding hydrogens is 300 g/mol. The SMILES string of the molecule is CC(CN)N1CCN(S(=O)(=O)c2ccc(F)c(F)c2)CC1. The first-order valence-corrected chi connectivity index (χ1v) is 8.19. The molecule has 8 heteroatoms. The lowest BCUT2D eigenvalue weighted by Gasteiger charge is -2.37. The Morgan fingerprint density at radius 3 is 2.33 bits per heavy atom. The highest BCUT2D eigenvalue weighted by Gasteiger charge is 2.30. The van der Waals surface area contributed by atoms with Crippen LogP contribution in [-0.4, -0.2) is 56.4 Å². The van der Waals surface area contributed by atoms with Crippen LogP contribution in [0.25, 0.3) is 0 Å². The smallest absolute Gasteiger partial charge is 0.243 e. The van der Waals surface area contributed by atoms with E-state index in [-0.39, 0.29) is 10.9 Å². The second-order valence-electron chi connectivity index (χ2n) is 5.10. The molecule has 1 aliphatic rings. The largest absolute Gasteiger partial charge is 0.329 e. The Balaban J connectivity index is 2.13. The van der Waals surface area contributed by atoms with Crippen molar-refractivity contribution in [2.75, 3.05) is 32.7 Å². The van der Waals surface area contributed by atoms with Crippen LogP contribution in [0, 0.1) is 11.6 Å². The fourth-order valence-electron chi connectivity index (χ4n) is 2.32. The van der Waals surface area contributed by atoms with Gasteiger partial charge in [-0.3, -0.25) is 4.90 Å². The first kappa shape index (κ1) is 16.3. The van der Waals surface area contributed by atoms with Crippen molar-refractivity contribution >= 4 is 10.0 Å². The molecular formula is C13H19F2N3O2S. The van der Waals surface area contributed by atoms with Gasteiger partial charge in [0.1, 0.15) is 0 Å². The van der Waals surface area contributed by atoms with E-state index in [1.807, 2.05) is 6.92 Å². The minimum absolute atomic E-state index is 0.193. The number of halogens is 2. The summed E-state index contributed by atoms with van der Waals surface area (Å²) < 4.78 is 52.2. The fourth-order valence-corrected chi connectivity index (χ4v) is 3.75. The quantitative estimate of drug-likeness (QED) is 0.883. The summed E-state index contributed by atoms with van der Waals surface area (Å²) in [5.41, 5.74) is 5.59. The molecule has 1 aromatic rings. The van der Waals surface area contributed by atoms with Gasteiger partial charge in [-0.05, 0) is 25.1 Å². The van der Waals surface area contributed by atoms with Gasteiger partial charge in [-0.15, -0.1) is 0 Å². The highest BCUT2D eigenvalue weighted by molar-refractivity contribution is 7.89. The van der Waals surface area contributed by atoms with E-state index in [4.69, 9.17) is 5.73 Å². The third-order valence-corrected chi connectivity index (χ3v) is 5.66. The minimum Gasteiger partial charge on any atom is -0.329 e. The first-order valence-electron chi connectivity index (χ1n) is 6.75. The second-order valence-corrected chi connectivity index (χ2v) is 7.04. The molecule has 0 aromatic heterocycles. The molecule has 0 spiro atoms. The molecule has 118 valence electrons. The van der Waals surface area contributed by atoms with Gasteiger partial charge in [0.25, 0.3) is 0 Å². The van der Waals surface area contributed by atoms with E-state index in [9.17, 15) is 17.2 Å². The summed E-state index contributed by atoms with van der Waals surface area (Å²) in [7, 11) is -3.79. The third kappa shape index (κ3) is 3.39. The Bertz CT molecular complexity index is 601. The van der Waals surface area contributed by atoms with Crippen LogP contribution in [0.1, 0.15) is 6.92 Å². The number of benzene rings is 1. The van der Waals surface area contributed by atoms with E-state index < -0.39 is 21.7 Å². The van der Waals surface area contributed by atoms with Crippen LogP contribution >= 0.6 is 0 Å². The number of rotatable bonds is 4. The van der Waals surface area contributed by atoms with Gasteiger partial charge in [0.2, 0.25) is 10.0 Å². The molecule has 1 unspecified atom stereocenters. The maximum absolute atomic E-state index is 13.2.